The smallest absolute Gasteiger partial charge is 0.433 e. The van der Waals surface area contributed by atoms with Crippen molar-refractivity contribution in [1.29, 1.82) is 0 Å². The molecular weight excluding hydrogens is 483 g/mol. The number of benzene rings is 1. The number of hydrogen-bond donors (Lipinski definition) is 0. The first kappa shape index (κ1) is 25.2. The fourth-order valence-electron chi connectivity index (χ4n) is 4.41. The van der Waals surface area contributed by atoms with E-state index in [-0.39, 0.29) is 42.2 Å². The van der Waals surface area contributed by atoms with Crippen LogP contribution in [0.4, 0.5) is 13.2 Å². The van der Waals surface area contributed by atoms with E-state index in [4.69, 9.17) is 4.74 Å². The molecule has 7 nitrogen and oxygen atoms in total. The SMILES string of the molecule is CC(C)Oc1ccc(S(=O)(=O)N2CCC(c3cn(CC=O)c4nc(C(F)(F)F)ccc34)CC2)cc1. The van der Waals surface area contributed by atoms with E-state index in [2.05, 4.69) is 4.98 Å². The van der Waals surface area contributed by atoms with Crippen molar-refractivity contribution in [2.45, 2.75) is 56.3 Å². The first-order valence-corrected chi connectivity index (χ1v) is 12.7. The van der Waals surface area contributed by atoms with Gasteiger partial charge in [0.15, 0.2) is 0 Å². The molecule has 0 bridgehead atoms. The lowest BCUT2D eigenvalue weighted by Gasteiger charge is -2.31. The number of fused-ring (bicyclic) bond motifs is 1. The molecule has 1 aromatic carbocycles. The minimum absolute atomic E-state index is 0.0239. The Balaban J connectivity index is 1.54. The van der Waals surface area contributed by atoms with Crippen LogP contribution in [0, 0.1) is 0 Å². The number of carbonyl (C=O) groups excluding carboxylic acids is 1. The van der Waals surface area contributed by atoms with Gasteiger partial charge in [0, 0.05) is 24.7 Å². The zero-order valence-electron chi connectivity index (χ0n) is 19.3. The van der Waals surface area contributed by atoms with Crippen LogP contribution < -0.4 is 4.74 Å². The van der Waals surface area contributed by atoms with E-state index in [9.17, 15) is 26.4 Å². The molecule has 35 heavy (non-hydrogen) atoms. The van der Waals surface area contributed by atoms with Crippen LogP contribution >= 0.6 is 0 Å². The predicted molar refractivity (Wildman–Crippen MR) is 124 cm³/mol. The Bertz CT molecular complexity index is 1310. The van der Waals surface area contributed by atoms with Crippen molar-refractivity contribution in [3.8, 4) is 5.75 Å². The Morgan fingerprint density at radius 3 is 2.34 bits per heavy atom. The number of piperidine rings is 1. The summed E-state index contributed by atoms with van der Waals surface area (Å²) in [6.07, 6.45) is -1.36. The van der Waals surface area contributed by atoms with Crippen LogP contribution in [0.25, 0.3) is 11.0 Å². The number of aromatic nitrogens is 2. The number of aldehydes is 1. The number of sulfonamides is 1. The molecule has 2 aromatic heterocycles. The molecule has 188 valence electrons. The Morgan fingerprint density at radius 2 is 1.77 bits per heavy atom. The number of ether oxygens (including phenoxy) is 1. The highest BCUT2D eigenvalue weighted by Gasteiger charge is 2.34. The normalized spacial score (nSPS) is 16.2. The molecule has 0 atom stereocenters. The molecule has 0 amide bonds. The molecule has 3 aromatic rings. The van der Waals surface area contributed by atoms with E-state index in [1.165, 1.54) is 27.1 Å². The largest absolute Gasteiger partial charge is 0.491 e. The molecule has 0 spiro atoms. The van der Waals surface area contributed by atoms with Crippen molar-refractivity contribution in [3.05, 3.63) is 53.9 Å². The van der Waals surface area contributed by atoms with E-state index in [1.807, 2.05) is 13.8 Å². The van der Waals surface area contributed by atoms with E-state index in [1.54, 1.807) is 18.3 Å². The van der Waals surface area contributed by atoms with Crippen molar-refractivity contribution in [3.63, 3.8) is 0 Å². The molecular formula is C24H26F3N3O4S. The van der Waals surface area contributed by atoms with E-state index >= 15 is 0 Å². The molecule has 0 radical (unpaired) electrons. The lowest BCUT2D eigenvalue weighted by molar-refractivity contribution is -0.141. The summed E-state index contributed by atoms with van der Waals surface area (Å²) >= 11 is 0. The summed E-state index contributed by atoms with van der Waals surface area (Å²) in [5.41, 5.74) is -0.150. The molecule has 1 saturated heterocycles. The van der Waals surface area contributed by atoms with Crippen molar-refractivity contribution in [2.75, 3.05) is 13.1 Å². The van der Waals surface area contributed by atoms with Crippen LogP contribution in [0.2, 0.25) is 0 Å². The number of hydrogen-bond acceptors (Lipinski definition) is 5. The van der Waals surface area contributed by atoms with Crippen LogP contribution in [-0.4, -0.2) is 47.8 Å². The first-order chi connectivity index (χ1) is 16.5. The van der Waals surface area contributed by atoms with Crippen molar-refractivity contribution in [1.82, 2.24) is 13.9 Å². The average molecular weight is 510 g/mol. The lowest BCUT2D eigenvalue weighted by atomic mass is 9.90. The highest BCUT2D eigenvalue weighted by atomic mass is 32.2. The molecule has 11 heteroatoms. The zero-order chi connectivity index (χ0) is 25.4. The second kappa shape index (κ2) is 9.62. The van der Waals surface area contributed by atoms with Gasteiger partial charge < -0.3 is 14.1 Å². The van der Waals surface area contributed by atoms with Gasteiger partial charge in [-0.05, 0) is 74.6 Å². The first-order valence-electron chi connectivity index (χ1n) is 11.3. The molecule has 1 aliphatic heterocycles. The summed E-state index contributed by atoms with van der Waals surface area (Å²) in [7, 11) is -3.69. The third-order valence-corrected chi connectivity index (χ3v) is 7.95. The summed E-state index contributed by atoms with van der Waals surface area (Å²) in [6, 6.07) is 8.62. The number of rotatable bonds is 7. The van der Waals surface area contributed by atoms with E-state index < -0.39 is 21.9 Å². The van der Waals surface area contributed by atoms with Gasteiger partial charge in [-0.15, -0.1) is 0 Å². The highest BCUT2D eigenvalue weighted by Crippen LogP contribution is 2.37. The van der Waals surface area contributed by atoms with E-state index in [0.717, 1.165) is 11.6 Å². The average Bonchev–Trinajstić information content (AvgIpc) is 3.17. The second-order valence-electron chi connectivity index (χ2n) is 8.79. The van der Waals surface area contributed by atoms with Crippen LogP contribution in [0.5, 0.6) is 5.75 Å². The quantitative estimate of drug-likeness (QED) is 0.435. The maximum atomic E-state index is 13.2. The summed E-state index contributed by atoms with van der Waals surface area (Å²) in [6.45, 7) is 4.19. The maximum Gasteiger partial charge on any atom is 0.433 e. The Morgan fingerprint density at radius 1 is 1.11 bits per heavy atom. The molecule has 1 aliphatic rings. The summed E-state index contributed by atoms with van der Waals surface area (Å²) in [5.74, 6) is 0.517. The lowest BCUT2D eigenvalue weighted by Crippen LogP contribution is -2.37. The highest BCUT2D eigenvalue weighted by molar-refractivity contribution is 7.89. The summed E-state index contributed by atoms with van der Waals surface area (Å²) in [4.78, 5) is 15.0. The van der Waals surface area contributed by atoms with Crippen LogP contribution in [0.15, 0.2) is 47.5 Å². The minimum Gasteiger partial charge on any atom is -0.491 e. The van der Waals surface area contributed by atoms with Crippen LogP contribution in [0.1, 0.15) is 43.9 Å². The van der Waals surface area contributed by atoms with Gasteiger partial charge in [0.1, 0.15) is 23.4 Å². The fourth-order valence-corrected chi connectivity index (χ4v) is 5.88. The van der Waals surface area contributed by atoms with Gasteiger partial charge in [0.25, 0.3) is 0 Å². The molecule has 4 rings (SSSR count). The van der Waals surface area contributed by atoms with Crippen LogP contribution in [0.3, 0.4) is 0 Å². The topological polar surface area (TPSA) is 81.5 Å². The molecule has 0 saturated carbocycles. The summed E-state index contributed by atoms with van der Waals surface area (Å²) < 4.78 is 74.1. The summed E-state index contributed by atoms with van der Waals surface area (Å²) in [5, 5.41) is 0.543. The maximum absolute atomic E-state index is 13.2. The van der Waals surface area contributed by atoms with Crippen LogP contribution in [-0.2, 0) is 27.5 Å². The van der Waals surface area contributed by atoms with Gasteiger partial charge in [-0.3, -0.25) is 0 Å². The standard InChI is InChI=1S/C24H26F3N3O4S/c1-16(2)34-18-3-5-19(6-4-18)35(32,33)30-11-9-17(10-12-30)21-15-29(13-14-31)23-20(21)7-8-22(28-23)24(25,26)27/h3-8,14-17H,9-13H2,1-2H3. The number of halogens is 3. The van der Waals surface area contributed by atoms with Gasteiger partial charge in [-0.2, -0.15) is 17.5 Å². The molecule has 0 aliphatic carbocycles. The fraction of sp³-hybridized carbons (Fsp3) is 0.417. The number of alkyl halides is 3. The Hall–Kier alpha value is -2.92. The van der Waals surface area contributed by atoms with Gasteiger partial charge in [-0.1, -0.05) is 0 Å². The monoisotopic (exact) mass is 509 g/mol. The molecule has 0 N–H and O–H groups in total. The Labute approximate surface area is 201 Å². The Kier molecular flexibility index (Phi) is 6.92. The third-order valence-electron chi connectivity index (χ3n) is 6.04. The molecule has 3 heterocycles. The minimum atomic E-state index is -4.59. The second-order valence-corrected chi connectivity index (χ2v) is 10.7. The van der Waals surface area contributed by atoms with Gasteiger partial charge in [0.2, 0.25) is 10.0 Å². The van der Waals surface area contributed by atoms with E-state index in [0.29, 0.717) is 30.3 Å². The van der Waals surface area contributed by atoms with Gasteiger partial charge in [0.05, 0.1) is 17.5 Å². The van der Waals surface area contributed by atoms with Crippen molar-refractivity contribution >= 4 is 27.3 Å². The van der Waals surface area contributed by atoms with Crippen molar-refractivity contribution in [2.24, 2.45) is 0 Å². The third kappa shape index (κ3) is 5.20. The zero-order valence-corrected chi connectivity index (χ0v) is 20.1. The number of carbonyl (C=O) groups is 1. The van der Waals surface area contributed by atoms with Gasteiger partial charge in [-0.25, -0.2) is 13.4 Å². The predicted octanol–water partition coefficient (Wildman–Crippen LogP) is 4.61. The molecule has 0 unspecified atom stereocenters. The molecule has 1 fully saturated rings. The number of nitrogens with zero attached hydrogens (tertiary/aromatic N) is 3. The van der Waals surface area contributed by atoms with Gasteiger partial charge >= 0.3 is 6.18 Å². The number of pyridine rings is 1. The van der Waals surface area contributed by atoms with Crippen molar-refractivity contribution < 1.29 is 31.1 Å².